The molecule has 0 spiro atoms. The fourth-order valence-electron chi connectivity index (χ4n) is 3.41. The van der Waals surface area contributed by atoms with E-state index < -0.39 is 39.8 Å². The van der Waals surface area contributed by atoms with Crippen LogP contribution in [0.2, 0.25) is 10.0 Å². The Bertz CT molecular complexity index is 1270. The molecule has 0 radical (unpaired) electrons. The molecule has 0 fully saturated rings. The molecule has 0 saturated heterocycles. The summed E-state index contributed by atoms with van der Waals surface area (Å²) in [6.07, 6.45) is 0.296. The summed E-state index contributed by atoms with van der Waals surface area (Å²) in [5.41, 5.74) is 0.848. The zero-order valence-corrected chi connectivity index (χ0v) is 21.5. The second-order valence-electron chi connectivity index (χ2n) is 8.02. The molecule has 36 heavy (non-hydrogen) atoms. The molecule has 1 heterocycles. The van der Waals surface area contributed by atoms with E-state index in [1.54, 1.807) is 18.2 Å². The summed E-state index contributed by atoms with van der Waals surface area (Å²) < 4.78 is 50.5. The molecule has 0 saturated carbocycles. The number of hydrogen-bond acceptors (Lipinski definition) is 6. The number of amides is 2. The first-order valence-electron chi connectivity index (χ1n) is 10.7. The largest absolute Gasteiger partial charge is 0.484 e. The lowest BCUT2D eigenvalue weighted by atomic mass is 9.97. The summed E-state index contributed by atoms with van der Waals surface area (Å²) in [6, 6.07) is 7.85. The fraction of sp³-hybridized carbons (Fsp3) is 0.304. The smallest absolute Gasteiger partial charge is 0.265 e. The van der Waals surface area contributed by atoms with Gasteiger partial charge in [-0.05, 0) is 30.3 Å². The number of ether oxygens (including phenoxy) is 2. The number of fused-ring (bicyclic) bond motifs is 1. The van der Waals surface area contributed by atoms with Gasteiger partial charge in [0, 0.05) is 41.7 Å². The van der Waals surface area contributed by atoms with E-state index in [0.717, 1.165) is 12.3 Å². The van der Waals surface area contributed by atoms with Crippen molar-refractivity contribution >= 4 is 45.0 Å². The van der Waals surface area contributed by atoms with Crippen LogP contribution < -0.4 is 24.8 Å². The van der Waals surface area contributed by atoms with E-state index in [1.807, 2.05) is 0 Å². The quantitative estimate of drug-likeness (QED) is 0.411. The van der Waals surface area contributed by atoms with Gasteiger partial charge in [-0.15, -0.1) is 0 Å². The number of carbonyl (C=O) groups excluding carboxylic acids is 2. The highest BCUT2D eigenvalue weighted by molar-refractivity contribution is 7.88. The van der Waals surface area contributed by atoms with Gasteiger partial charge in [-0.25, -0.2) is 17.5 Å². The molecule has 1 aliphatic rings. The van der Waals surface area contributed by atoms with Gasteiger partial charge in [-0.2, -0.15) is 0 Å². The molecular formula is C23H24Cl2FN3O6S. The van der Waals surface area contributed by atoms with Crippen molar-refractivity contribution in [1.29, 1.82) is 0 Å². The number of rotatable bonds is 10. The Kier molecular flexibility index (Phi) is 9.18. The van der Waals surface area contributed by atoms with Gasteiger partial charge in [0.15, 0.2) is 12.7 Å². The molecule has 2 aromatic rings. The third-order valence-corrected chi connectivity index (χ3v) is 6.28. The first kappa shape index (κ1) is 27.7. The van der Waals surface area contributed by atoms with Crippen molar-refractivity contribution in [3.05, 3.63) is 70.1 Å². The zero-order chi connectivity index (χ0) is 26.5. The molecule has 2 atom stereocenters. The zero-order valence-electron chi connectivity index (χ0n) is 19.1. The molecule has 3 N–H and O–H groups in total. The number of carbonyl (C=O) groups is 2. The Hall–Kier alpha value is -2.86. The lowest BCUT2D eigenvalue weighted by Crippen LogP contribution is -2.44. The molecule has 0 aromatic heterocycles. The van der Waals surface area contributed by atoms with Crippen LogP contribution in [0.15, 0.2) is 48.7 Å². The second-order valence-corrected chi connectivity index (χ2v) is 10.6. The van der Waals surface area contributed by atoms with Gasteiger partial charge in [0.25, 0.3) is 11.8 Å². The van der Waals surface area contributed by atoms with Gasteiger partial charge in [0.05, 0.1) is 17.3 Å². The van der Waals surface area contributed by atoms with Crippen molar-refractivity contribution in [2.24, 2.45) is 0 Å². The molecular weight excluding hydrogens is 536 g/mol. The van der Waals surface area contributed by atoms with E-state index in [0.29, 0.717) is 22.0 Å². The molecule has 1 aliphatic heterocycles. The highest BCUT2D eigenvalue weighted by Gasteiger charge is 2.34. The third kappa shape index (κ3) is 8.09. The van der Waals surface area contributed by atoms with Crippen molar-refractivity contribution in [3.8, 4) is 11.5 Å². The molecule has 2 amide bonds. The molecule has 3 rings (SSSR count). The molecule has 0 bridgehead atoms. The first-order chi connectivity index (χ1) is 16.9. The summed E-state index contributed by atoms with van der Waals surface area (Å²) in [7, 11) is -3.57. The topological polar surface area (TPSA) is 123 Å². The van der Waals surface area contributed by atoms with Crippen LogP contribution in [0, 0.1) is 5.82 Å². The fourth-order valence-corrected chi connectivity index (χ4v) is 4.45. The maximum Gasteiger partial charge on any atom is 0.265 e. The van der Waals surface area contributed by atoms with Gasteiger partial charge < -0.3 is 20.1 Å². The Morgan fingerprint density at radius 3 is 2.67 bits per heavy atom. The van der Waals surface area contributed by atoms with Gasteiger partial charge in [0.1, 0.15) is 17.3 Å². The van der Waals surface area contributed by atoms with E-state index in [4.69, 9.17) is 32.7 Å². The maximum absolute atomic E-state index is 13.4. The van der Waals surface area contributed by atoms with Crippen LogP contribution in [-0.2, 0) is 19.6 Å². The van der Waals surface area contributed by atoms with Gasteiger partial charge >= 0.3 is 0 Å². The summed E-state index contributed by atoms with van der Waals surface area (Å²) >= 11 is 11.6. The minimum atomic E-state index is -3.57. The lowest BCUT2D eigenvalue weighted by molar-refractivity contribution is -0.128. The SMILES string of the molecule is C=C(CCNC(=O)COc1ccc(Cl)c(F)c1)NC(=O)[C@@H]1C[C@@H](NS(C)(=O)=O)c2cc(Cl)ccc2O1. The molecule has 9 nitrogen and oxygen atoms in total. The van der Waals surface area contributed by atoms with Crippen LogP contribution in [0.3, 0.4) is 0 Å². The number of benzene rings is 2. The number of nitrogens with one attached hydrogen (secondary N) is 3. The predicted octanol–water partition coefficient (Wildman–Crippen LogP) is 3.09. The van der Waals surface area contributed by atoms with E-state index in [9.17, 15) is 22.4 Å². The second kappa shape index (κ2) is 11.9. The summed E-state index contributed by atoms with van der Waals surface area (Å²) in [6.45, 7) is 3.59. The normalized spacial score (nSPS) is 16.9. The minimum Gasteiger partial charge on any atom is -0.484 e. The van der Waals surface area contributed by atoms with Crippen LogP contribution in [0.25, 0.3) is 0 Å². The Balaban J connectivity index is 1.47. The number of hydrogen-bond donors (Lipinski definition) is 3. The maximum atomic E-state index is 13.4. The van der Waals surface area contributed by atoms with Gasteiger partial charge in [-0.1, -0.05) is 29.8 Å². The van der Waals surface area contributed by atoms with Crippen molar-refractivity contribution in [1.82, 2.24) is 15.4 Å². The Morgan fingerprint density at radius 1 is 1.22 bits per heavy atom. The first-order valence-corrected chi connectivity index (χ1v) is 13.3. The molecule has 13 heteroatoms. The van der Waals surface area contributed by atoms with Gasteiger partial charge in [0.2, 0.25) is 10.0 Å². The van der Waals surface area contributed by atoms with E-state index in [-0.39, 0.29) is 36.8 Å². The van der Waals surface area contributed by atoms with Gasteiger partial charge in [-0.3, -0.25) is 9.59 Å². The molecule has 0 aliphatic carbocycles. The highest BCUT2D eigenvalue weighted by atomic mass is 35.5. The summed E-state index contributed by atoms with van der Waals surface area (Å²) in [5.74, 6) is -1.13. The van der Waals surface area contributed by atoms with Crippen LogP contribution >= 0.6 is 23.2 Å². The van der Waals surface area contributed by atoms with E-state index in [2.05, 4.69) is 21.9 Å². The predicted molar refractivity (Wildman–Crippen MR) is 133 cm³/mol. The van der Waals surface area contributed by atoms with Crippen LogP contribution in [-0.4, -0.2) is 45.7 Å². The average Bonchev–Trinajstić information content (AvgIpc) is 2.79. The lowest BCUT2D eigenvalue weighted by Gasteiger charge is -2.31. The highest BCUT2D eigenvalue weighted by Crippen LogP contribution is 2.37. The Labute approximate surface area is 218 Å². The number of sulfonamides is 1. The molecule has 0 unspecified atom stereocenters. The summed E-state index contributed by atoms with van der Waals surface area (Å²) in [5, 5.41) is 5.57. The van der Waals surface area contributed by atoms with Crippen molar-refractivity contribution in [2.75, 3.05) is 19.4 Å². The van der Waals surface area contributed by atoms with Crippen molar-refractivity contribution in [2.45, 2.75) is 25.0 Å². The number of halogens is 3. The van der Waals surface area contributed by atoms with Crippen molar-refractivity contribution < 1.29 is 31.9 Å². The standard InChI is InChI=1S/C23H24Cl2FN3O6S/c1-13(7-8-27-22(30)12-34-15-4-5-17(25)18(26)10-15)28-23(31)21-11-19(29-36(2,32)33)16-9-14(24)3-6-20(16)35-21/h3-6,9-10,19,21,29H,1,7-8,11-12H2,2H3,(H,27,30)(H,28,31)/t19-,21+/m1/s1. The van der Waals surface area contributed by atoms with Crippen molar-refractivity contribution in [3.63, 3.8) is 0 Å². The monoisotopic (exact) mass is 559 g/mol. The third-order valence-electron chi connectivity index (χ3n) is 5.02. The van der Waals surface area contributed by atoms with Crippen LogP contribution in [0.1, 0.15) is 24.4 Å². The van der Waals surface area contributed by atoms with Crippen LogP contribution in [0.4, 0.5) is 4.39 Å². The Morgan fingerprint density at radius 2 is 1.97 bits per heavy atom. The minimum absolute atomic E-state index is 0.0406. The average molecular weight is 560 g/mol. The molecule has 2 aromatic carbocycles. The van der Waals surface area contributed by atoms with E-state index >= 15 is 0 Å². The molecule has 194 valence electrons. The van der Waals surface area contributed by atoms with Crippen LogP contribution in [0.5, 0.6) is 11.5 Å². The van der Waals surface area contributed by atoms with E-state index in [1.165, 1.54) is 12.1 Å². The summed E-state index contributed by atoms with van der Waals surface area (Å²) in [4.78, 5) is 24.7.